The highest BCUT2D eigenvalue weighted by Gasteiger charge is 2.05. The Bertz CT molecular complexity index is 471. The van der Waals surface area contributed by atoms with Crippen molar-refractivity contribution in [2.45, 2.75) is 13.8 Å². The SMILES string of the molecule is CC(=O)c1cc2cncc(C)c2[nH]1. The number of ketones is 1. The predicted octanol–water partition coefficient (Wildman–Crippen LogP) is 2.07. The van der Waals surface area contributed by atoms with Crippen molar-refractivity contribution in [1.82, 2.24) is 9.97 Å². The number of aromatic amines is 1. The van der Waals surface area contributed by atoms with E-state index in [1.54, 1.807) is 19.3 Å². The summed E-state index contributed by atoms with van der Waals surface area (Å²) in [4.78, 5) is 18.2. The number of carbonyl (C=O) groups excluding carboxylic acids is 1. The third kappa shape index (κ3) is 1.22. The number of Topliss-reactive ketones (excluding diaryl/α,β-unsaturated/α-hetero) is 1. The van der Waals surface area contributed by atoms with Gasteiger partial charge >= 0.3 is 0 Å². The van der Waals surface area contributed by atoms with Gasteiger partial charge < -0.3 is 4.98 Å². The second-order valence-corrected chi connectivity index (χ2v) is 3.16. The Kier molecular flexibility index (Phi) is 1.65. The summed E-state index contributed by atoms with van der Waals surface area (Å²) in [5, 5.41) is 0.991. The number of fused-ring (bicyclic) bond motifs is 1. The highest BCUT2D eigenvalue weighted by atomic mass is 16.1. The summed E-state index contributed by atoms with van der Waals surface area (Å²) in [6.07, 6.45) is 3.54. The Morgan fingerprint density at radius 3 is 2.85 bits per heavy atom. The molecular weight excluding hydrogens is 164 g/mol. The maximum atomic E-state index is 11.1. The second-order valence-electron chi connectivity index (χ2n) is 3.16. The normalized spacial score (nSPS) is 10.6. The number of carbonyl (C=O) groups is 1. The Balaban J connectivity index is 2.75. The van der Waals surface area contributed by atoms with E-state index in [4.69, 9.17) is 0 Å². The fourth-order valence-corrected chi connectivity index (χ4v) is 1.38. The van der Waals surface area contributed by atoms with Crippen LogP contribution in [0.1, 0.15) is 23.0 Å². The first-order valence-electron chi connectivity index (χ1n) is 4.13. The average Bonchev–Trinajstić information content (AvgIpc) is 2.49. The third-order valence-corrected chi connectivity index (χ3v) is 2.10. The maximum Gasteiger partial charge on any atom is 0.175 e. The van der Waals surface area contributed by atoms with Crippen LogP contribution in [0.5, 0.6) is 0 Å². The number of rotatable bonds is 1. The van der Waals surface area contributed by atoms with Gasteiger partial charge in [-0.25, -0.2) is 0 Å². The molecule has 66 valence electrons. The first-order valence-corrected chi connectivity index (χ1v) is 4.13. The number of aryl methyl sites for hydroxylation is 1. The molecule has 0 radical (unpaired) electrons. The van der Waals surface area contributed by atoms with E-state index in [1.165, 1.54) is 0 Å². The molecule has 3 nitrogen and oxygen atoms in total. The van der Waals surface area contributed by atoms with Crippen LogP contribution in [0.3, 0.4) is 0 Å². The van der Waals surface area contributed by atoms with E-state index < -0.39 is 0 Å². The van der Waals surface area contributed by atoms with E-state index in [-0.39, 0.29) is 5.78 Å². The predicted molar refractivity (Wildman–Crippen MR) is 50.8 cm³/mol. The molecule has 3 heteroatoms. The Labute approximate surface area is 75.8 Å². The first-order chi connectivity index (χ1) is 6.18. The van der Waals surface area contributed by atoms with E-state index in [0.29, 0.717) is 5.69 Å². The average molecular weight is 174 g/mol. The molecule has 0 saturated heterocycles. The van der Waals surface area contributed by atoms with Crippen LogP contribution in [0, 0.1) is 6.92 Å². The van der Waals surface area contributed by atoms with Gasteiger partial charge in [-0.05, 0) is 18.6 Å². The molecule has 2 heterocycles. The minimum atomic E-state index is 0.0515. The van der Waals surface area contributed by atoms with Crippen LogP contribution in [-0.2, 0) is 0 Å². The summed E-state index contributed by atoms with van der Waals surface area (Å²) in [6.45, 7) is 3.52. The van der Waals surface area contributed by atoms with Gasteiger partial charge in [-0.1, -0.05) is 0 Å². The lowest BCUT2D eigenvalue weighted by atomic mass is 10.2. The van der Waals surface area contributed by atoms with E-state index in [0.717, 1.165) is 16.5 Å². The second kappa shape index (κ2) is 2.69. The summed E-state index contributed by atoms with van der Waals surface area (Å²) in [7, 11) is 0. The van der Waals surface area contributed by atoms with Crippen molar-refractivity contribution in [3.05, 3.63) is 29.7 Å². The molecule has 13 heavy (non-hydrogen) atoms. The zero-order valence-corrected chi connectivity index (χ0v) is 7.59. The Morgan fingerprint density at radius 2 is 2.23 bits per heavy atom. The maximum absolute atomic E-state index is 11.1. The van der Waals surface area contributed by atoms with E-state index in [1.807, 2.05) is 13.0 Å². The van der Waals surface area contributed by atoms with Gasteiger partial charge in [-0.15, -0.1) is 0 Å². The summed E-state index contributed by atoms with van der Waals surface area (Å²) in [5.41, 5.74) is 2.70. The summed E-state index contributed by atoms with van der Waals surface area (Å²) in [6, 6.07) is 1.83. The highest BCUT2D eigenvalue weighted by Crippen LogP contribution is 2.17. The quantitative estimate of drug-likeness (QED) is 0.673. The van der Waals surface area contributed by atoms with Gasteiger partial charge in [0.2, 0.25) is 0 Å². The van der Waals surface area contributed by atoms with Gasteiger partial charge in [-0.3, -0.25) is 9.78 Å². The van der Waals surface area contributed by atoms with Crippen molar-refractivity contribution < 1.29 is 4.79 Å². The van der Waals surface area contributed by atoms with Crippen molar-refractivity contribution in [2.75, 3.05) is 0 Å². The smallest absolute Gasteiger partial charge is 0.175 e. The molecule has 0 atom stereocenters. The Morgan fingerprint density at radius 1 is 1.46 bits per heavy atom. The number of aromatic nitrogens is 2. The zero-order chi connectivity index (χ0) is 9.42. The molecule has 0 aliphatic heterocycles. The fraction of sp³-hybridized carbons (Fsp3) is 0.200. The number of pyridine rings is 1. The standard InChI is InChI=1S/C10H10N2O/c1-6-4-11-5-8-3-9(7(2)13)12-10(6)8/h3-5,12H,1-2H3. The summed E-state index contributed by atoms with van der Waals surface area (Å²) >= 11 is 0. The molecule has 0 amide bonds. The van der Waals surface area contributed by atoms with Crippen molar-refractivity contribution in [2.24, 2.45) is 0 Å². The third-order valence-electron chi connectivity index (χ3n) is 2.10. The number of hydrogen-bond acceptors (Lipinski definition) is 2. The molecule has 0 bridgehead atoms. The van der Waals surface area contributed by atoms with Gasteiger partial charge in [0.1, 0.15) is 0 Å². The molecule has 0 saturated carbocycles. The van der Waals surface area contributed by atoms with Gasteiger partial charge in [0.05, 0.1) is 11.2 Å². The molecule has 0 spiro atoms. The van der Waals surface area contributed by atoms with Crippen molar-refractivity contribution in [1.29, 1.82) is 0 Å². The van der Waals surface area contributed by atoms with Crippen molar-refractivity contribution >= 4 is 16.7 Å². The van der Waals surface area contributed by atoms with Gasteiger partial charge in [0.15, 0.2) is 5.78 Å². The molecule has 2 aromatic heterocycles. The number of nitrogens with one attached hydrogen (secondary N) is 1. The number of H-pyrrole nitrogens is 1. The van der Waals surface area contributed by atoms with Crippen LogP contribution in [0.2, 0.25) is 0 Å². The van der Waals surface area contributed by atoms with Crippen molar-refractivity contribution in [3.8, 4) is 0 Å². The van der Waals surface area contributed by atoms with Gasteiger partial charge in [0, 0.05) is 24.7 Å². The summed E-state index contributed by atoms with van der Waals surface area (Å²) in [5.74, 6) is 0.0515. The van der Waals surface area contributed by atoms with E-state index in [2.05, 4.69) is 9.97 Å². The number of hydrogen-bond donors (Lipinski definition) is 1. The molecule has 0 fully saturated rings. The zero-order valence-electron chi connectivity index (χ0n) is 7.59. The lowest BCUT2D eigenvalue weighted by Gasteiger charge is -1.92. The van der Waals surface area contributed by atoms with Crippen LogP contribution in [0.25, 0.3) is 10.9 Å². The van der Waals surface area contributed by atoms with Gasteiger partial charge in [0.25, 0.3) is 0 Å². The van der Waals surface area contributed by atoms with E-state index in [9.17, 15) is 4.79 Å². The molecular formula is C10H10N2O. The lowest BCUT2D eigenvalue weighted by Crippen LogP contribution is -1.90. The summed E-state index contributed by atoms with van der Waals surface area (Å²) < 4.78 is 0. The Hall–Kier alpha value is -1.64. The molecule has 0 aromatic carbocycles. The van der Waals surface area contributed by atoms with Gasteiger partial charge in [-0.2, -0.15) is 0 Å². The van der Waals surface area contributed by atoms with Crippen LogP contribution in [0.15, 0.2) is 18.5 Å². The van der Waals surface area contributed by atoms with Crippen LogP contribution in [-0.4, -0.2) is 15.8 Å². The van der Waals surface area contributed by atoms with Crippen LogP contribution >= 0.6 is 0 Å². The molecule has 1 N–H and O–H groups in total. The minimum absolute atomic E-state index is 0.0515. The van der Waals surface area contributed by atoms with Crippen molar-refractivity contribution in [3.63, 3.8) is 0 Å². The van der Waals surface area contributed by atoms with Crippen LogP contribution < -0.4 is 0 Å². The number of nitrogens with zero attached hydrogens (tertiary/aromatic N) is 1. The minimum Gasteiger partial charge on any atom is -0.352 e. The molecule has 0 aliphatic carbocycles. The molecule has 2 aromatic rings. The van der Waals surface area contributed by atoms with Crippen LogP contribution in [0.4, 0.5) is 0 Å². The largest absolute Gasteiger partial charge is 0.352 e. The molecule has 2 rings (SSSR count). The monoisotopic (exact) mass is 174 g/mol. The lowest BCUT2D eigenvalue weighted by molar-refractivity contribution is 0.101. The highest BCUT2D eigenvalue weighted by molar-refractivity contribution is 5.98. The van der Waals surface area contributed by atoms with E-state index >= 15 is 0 Å². The fourth-order valence-electron chi connectivity index (χ4n) is 1.38. The topological polar surface area (TPSA) is 45.8 Å². The molecule has 0 unspecified atom stereocenters. The molecule has 0 aliphatic rings. The first kappa shape index (κ1) is 7.98.